The highest BCUT2D eigenvalue weighted by molar-refractivity contribution is 9.10. The first-order valence-corrected chi connectivity index (χ1v) is 7.83. The molecule has 1 aromatic carbocycles. The van der Waals surface area contributed by atoms with E-state index >= 15 is 0 Å². The minimum absolute atomic E-state index is 0.310. The Balaban J connectivity index is 1.62. The highest BCUT2D eigenvalue weighted by Gasteiger charge is 2.12. The third kappa shape index (κ3) is 5.11. The molecule has 1 saturated carbocycles. The van der Waals surface area contributed by atoms with Crippen LogP contribution in [0.3, 0.4) is 0 Å². The Morgan fingerprint density at radius 3 is 2.84 bits per heavy atom. The van der Waals surface area contributed by atoms with E-state index in [1.54, 1.807) is 12.1 Å². The van der Waals surface area contributed by atoms with Crippen LogP contribution in [-0.4, -0.2) is 19.7 Å². The summed E-state index contributed by atoms with van der Waals surface area (Å²) in [6, 6.07) is 4.74. The molecule has 0 heterocycles. The number of hydrogen-bond donors (Lipinski definition) is 1. The molecule has 0 aliphatic heterocycles. The van der Waals surface area contributed by atoms with Crippen molar-refractivity contribution >= 4 is 15.9 Å². The molecule has 1 aliphatic carbocycles. The van der Waals surface area contributed by atoms with Gasteiger partial charge < -0.3 is 10.1 Å². The van der Waals surface area contributed by atoms with Crippen LogP contribution in [-0.2, 0) is 0 Å². The molecular weight excluding hydrogens is 309 g/mol. The van der Waals surface area contributed by atoms with Gasteiger partial charge in [0.15, 0.2) is 11.6 Å². The van der Waals surface area contributed by atoms with Crippen molar-refractivity contribution in [2.24, 2.45) is 5.92 Å². The highest BCUT2D eigenvalue weighted by Crippen LogP contribution is 2.23. The maximum Gasteiger partial charge on any atom is 0.165 e. The lowest BCUT2D eigenvalue weighted by molar-refractivity contribution is 0.284. The molecule has 1 N–H and O–H groups in total. The van der Waals surface area contributed by atoms with Crippen LogP contribution in [0.2, 0.25) is 0 Å². The van der Waals surface area contributed by atoms with Gasteiger partial charge >= 0.3 is 0 Å². The summed E-state index contributed by atoms with van der Waals surface area (Å²) in [6.07, 6.45) is 6.81. The zero-order valence-electron chi connectivity index (χ0n) is 11.1. The lowest BCUT2D eigenvalue weighted by Crippen LogP contribution is -2.28. The second-order valence-electron chi connectivity index (χ2n) is 5.13. The van der Waals surface area contributed by atoms with E-state index in [2.05, 4.69) is 21.2 Å². The third-order valence-electron chi connectivity index (χ3n) is 3.59. The number of halogens is 2. The SMILES string of the molecule is Fc1ccc(Br)cc1OCCNCC1CCCCC1. The number of nitrogens with one attached hydrogen (secondary N) is 1. The Morgan fingerprint density at radius 1 is 1.26 bits per heavy atom. The smallest absolute Gasteiger partial charge is 0.165 e. The quantitative estimate of drug-likeness (QED) is 0.792. The number of rotatable bonds is 6. The maximum absolute atomic E-state index is 13.4. The van der Waals surface area contributed by atoms with Gasteiger partial charge in [-0.05, 0) is 43.5 Å². The van der Waals surface area contributed by atoms with Crippen molar-refractivity contribution in [3.05, 3.63) is 28.5 Å². The van der Waals surface area contributed by atoms with Crippen LogP contribution in [0.15, 0.2) is 22.7 Å². The van der Waals surface area contributed by atoms with Crippen LogP contribution in [0.5, 0.6) is 5.75 Å². The molecule has 106 valence electrons. The van der Waals surface area contributed by atoms with E-state index in [-0.39, 0.29) is 5.82 Å². The molecule has 1 fully saturated rings. The molecule has 0 aromatic heterocycles. The Bertz CT molecular complexity index is 394. The molecule has 2 rings (SSSR count). The zero-order valence-corrected chi connectivity index (χ0v) is 12.7. The fourth-order valence-electron chi connectivity index (χ4n) is 2.52. The van der Waals surface area contributed by atoms with E-state index in [1.807, 2.05) is 0 Å². The maximum atomic E-state index is 13.4. The second-order valence-corrected chi connectivity index (χ2v) is 6.05. The minimum Gasteiger partial charge on any atom is -0.489 e. The Kier molecular flexibility index (Phi) is 6.11. The average Bonchev–Trinajstić information content (AvgIpc) is 2.43. The summed E-state index contributed by atoms with van der Waals surface area (Å²) in [4.78, 5) is 0. The monoisotopic (exact) mass is 329 g/mol. The molecule has 0 spiro atoms. The summed E-state index contributed by atoms with van der Waals surface area (Å²) < 4.78 is 19.7. The second kappa shape index (κ2) is 7.85. The molecule has 0 saturated heterocycles. The van der Waals surface area contributed by atoms with Gasteiger partial charge in [0.1, 0.15) is 6.61 Å². The first-order valence-electron chi connectivity index (χ1n) is 7.04. The largest absolute Gasteiger partial charge is 0.489 e. The topological polar surface area (TPSA) is 21.3 Å². The van der Waals surface area contributed by atoms with E-state index in [0.717, 1.165) is 23.5 Å². The first kappa shape index (κ1) is 14.8. The van der Waals surface area contributed by atoms with Crippen molar-refractivity contribution in [3.8, 4) is 5.75 Å². The van der Waals surface area contributed by atoms with E-state index in [1.165, 1.54) is 38.2 Å². The predicted molar refractivity (Wildman–Crippen MR) is 79.0 cm³/mol. The average molecular weight is 330 g/mol. The highest BCUT2D eigenvalue weighted by atomic mass is 79.9. The molecule has 0 atom stereocenters. The summed E-state index contributed by atoms with van der Waals surface area (Å²) in [5.74, 6) is 0.820. The van der Waals surface area contributed by atoms with E-state index in [0.29, 0.717) is 12.4 Å². The molecule has 19 heavy (non-hydrogen) atoms. The summed E-state index contributed by atoms with van der Waals surface area (Å²) in [6.45, 7) is 2.33. The van der Waals surface area contributed by atoms with Gasteiger partial charge in [0.05, 0.1) is 0 Å². The summed E-state index contributed by atoms with van der Waals surface area (Å²) in [5.41, 5.74) is 0. The van der Waals surface area contributed by atoms with Crippen molar-refractivity contribution in [3.63, 3.8) is 0 Å². The predicted octanol–water partition coefficient (Wildman–Crippen LogP) is 4.14. The molecular formula is C15H21BrFNO. The van der Waals surface area contributed by atoms with Gasteiger partial charge in [-0.15, -0.1) is 0 Å². The molecule has 0 unspecified atom stereocenters. The summed E-state index contributed by atoms with van der Waals surface area (Å²) >= 11 is 3.31. The Labute approximate surface area is 122 Å². The van der Waals surface area contributed by atoms with E-state index in [9.17, 15) is 4.39 Å². The number of hydrogen-bond acceptors (Lipinski definition) is 2. The van der Waals surface area contributed by atoms with Gasteiger partial charge in [0, 0.05) is 11.0 Å². The summed E-state index contributed by atoms with van der Waals surface area (Å²) in [5, 5.41) is 3.40. The molecule has 0 amide bonds. The van der Waals surface area contributed by atoms with Gasteiger partial charge in [-0.25, -0.2) is 4.39 Å². The van der Waals surface area contributed by atoms with E-state index < -0.39 is 0 Å². The van der Waals surface area contributed by atoms with Crippen LogP contribution in [0.25, 0.3) is 0 Å². The lowest BCUT2D eigenvalue weighted by atomic mass is 9.89. The molecule has 4 heteroatoms. The number of ether oxygens (including phenoxy) is 1. The lowest BCUT2D eigenvalue weighted by Gasteiger charge is -2.21. The normalized spacial score (nSPS) is 16.5. The van der Waals surface area contributed by atoms with Crippen LogP contribution >= 0.6 is 15.9 Å². The van der Waals surface area contributed by atoms with Crippen molar-refractivity contribution in [2.75, 3.05) is 19.7 Å². The molecule has 0 radical (unpaired) electrons. The molecule has 1 aliphatic rings. The van der Waals surface area contributed by atoms with Gasteiger partial charge in [-0.3, -0.25) is 0 Å². The van der Waals surface area contributed by atoms with Crippen LogP contribution in [0.4, 0.5) is 4.39 Å². The van der Waals surface area contributed by atoms with Gasteiger partial charge in [-0.1, -0.05) is 35.2 Å². The first-order chi connectivity index (χ1) is 9.25. The Hall–Kier alpha value is -0.610. The van der Waals surface area contributed by atoms with Crippen molar-refractivity contribution in [1.82, 2.24) is 5.32 Å². The van der Waals surface area contributed by atoms with Crippen LogP contribution < -0.4 is 10.1 Å². The molecule has 2 nitrogen and oxygen atoms in total. The fraction of sp³-hybridized carbons (Fsp3) is 0.600. The van der Waals surface area contributed by atoms with Gasteiger partial charge in [0.2, 0.25) is 0 Å². The Morgan fingerprint density at radius 2 is 2.05 bits per heavy atom. The molecule has 0 bridgehead atoms. The van der Waals surface area contributed by atoms with Gasteiger partial charge in [0.25, 0.3) is 0 Å². The molecule has 1 aromatic rings. The van der Waals surface area contributed by atoms with Crippen molar-refractivity contribution < 1.29 is 9.13 Å². The summed E-state index contributed by atoms with van der Waals surface area (Å²) in [7, 11) is 0. The standard InChI is InChI=1S/C15H21BrFNO/c16-13-6-7-14(17)15(10-13)19-9-8-18-11-12-4-2-1-3-5-12/h6-7,10,12,18H,1-5,8-9,11H2. The van der Waals surface area contributed by atoms with Gasteiger partial charge in [-0.2, -0.15) is 0 Å². The minimum atomic E-state index is -0.310. The fourth-order valence-corrected chi connectivity index (χ4v) is 2.86. The number of benzene rings is 1. The van der Waals surface area contributed by atoms with Crippen molar-refractivity contribution in [1.29, 1.82) is 0 Å². The third-order valence-corrected chi connectivity index (χ3v) is 4.08. The van der Waals surface area contributed by atoms with Crippen LogP contribution in [0.1, 0.15) is 32.1 Å². The zero-order chi connectivity index (χ0) is 13.5. The van der Waals surface area contributed by atoms with Crippen molar-refractivity contribution in [2.45, 2.75) is 32.1 Å². The van der Waals surface area contributed by atoms with Crippen LogP contribution in [0, 0.1) is 11.7 Å². The van der Waals surface area contributed by atoms with E-state index in [4.69, 9.17) is 4.74 Å².